The monoisotopic (exact) mass is 333 g/mol. The number of H-pyrrole nitrogens is 1. The molecule has 126 valence electrons. The lowest BCUT2D eigenvalue weighted by Crippen LogP contribution is -2.09. The van der Waals surface area contributed by atoms with Crippen molar-refractivity contribution in [1.29, 1.82) is 0 Å². The van der Waals surface area contributed by atoms with Gasteiger partial charge in [-0.15, -0.1) is 0 Å². The van der Waals surface area contributed by atoms with Gasteiger partial charge in [-0.3, -0.25) is 4.79 Å². The Balaban J connectivity index is 2.11. The number of aromatic nitrogens is 1. The van der Waals surface area contributed by atoms with E-state index in [1.165, 1.54) is 6.08 Å². The number of ether oxygens (including phenoxy) is 1. The van der Waals surface area contributed by atoms with Gasteiger partial charge in [-0.1, -0.05) is 42.0 Å². The fourth-order valence-corrected chi connectivity index (χ4v) is 2.73. The summed E-state index contributed by atoms with van der Waals surface area (Å²) in [6, 6.07) is 14.8. The molecule has 2 aromatic carbocycles. The third-order valence-corrected chi connectivity index (χ3v) is 3.96. The molecule has 0 unspecified atom stereocenters. The molecule has 0 radical (unpaired) electrons. The molecule has 0 saturated heterocycles. The first-order valence-corrected chi connectivity index (χ1v) is 8.16. The van der Waals surface area contributed by atoms with Crippen LogP contribution in [0.5, 0.6) is 0 Å². The van der Waals surface area contributed by atoms with Crippen molar-refractivity contribution in [3.63, 3.8) is 0 Å². The first-order chi connectivity index (χ1) is 12.1. The van der Waals surface area contributed by atoms with E-state index in [-0.39, 0.29) is 18.0 Å². The average molecular weight is 333 g/mol. The van der Waals surface area contributed by atoms with Crippen molar-refractivity contribution < 1.29 is 14.3 Å². The zero-order valence-electron chi connectivity index (χ0n) is 14.2. The minimum atomic E-state index is -0.505. The van der Waals surface area contributed by atoms with Crippen LogP contribution in [0.3, 0.4) is 0 Å². The van der Waals surface area contributed by atoms with E-state index in [1.807, 2.05) is 31.2 Å². The smallest absolute Gasteiger partial charge is 0.338 e. The fourth-order valence-electron chi connectivity index (χ4n) is 2.73. The zero-order chi connectivity index (χ0) is 17.8. The van der Waals surface area contributed by atoms with E-state index in [4.69, 9.17) is 4.74 Å². The normalized spacial score (nSPS) is 11.5. The topological polar surface area (TPSA) is 59.2 Å². The molecule has 0 aliphatic heterocycles. The second-order valence-electron chi connectivity index (χ2n) is 5.76. The molecule has 0 spiro atoms. The molecule has 4 nitrogen and oxygen atoms in total. The summed E-state index contributed by atoms with van der Waals surface area (Å²) in [7, 11) is 0. The van der Waals surface area contributed by atoms with Crippen LogP contribution in [0.2, 0.25) is 0 Å². The number of aromatic amines is 1. The lowest BCUT2D eigenvalue weighted by Gasteiger charge is -2.07. The maximum Gasteiger partial charge on any atom is 0.338 e. The molecule has 0 saturated carbocycles. The molecule has 0 aliphatic rings. The van der Waals surface area contributed by atoms with Gasteiger partial charge in [-0.2, -0.15) is 0 Å². The molecule has 1 heterocycles. The molecule has 0 aliphatic carbocycles. The third kappa shape index (κ3) is 3.53. The molecule has 0 bridgehead atoms. The summed E-state index contributed by atoms with van der Waals surface area (Å²) in [5, 5.41) is 0.889. The number of esters is 1. The summed E-state index contributed by atoms with van der Waals surface area (Å²) in [6.45, 7) is 3.98. The van der Waals surface area contributed by atoms with E-state index in [1.54, 1.807) is 37.4 Å². The number of aryl methyl sites for hydroxylation is 1. The summed E-state index contributed by atoms with van der Waals surface area (Å²) in [5.41, 5.74) is 3.43. The Hall–Kier alpha value is -3.14. The Morgan fingerprint density at radius 1 is 1.12 bits per heavy atom. The van der Waals surface area contributed by atoms with Gasteiger partial charge in [-0.25, -0.2) is 4.79 Å². The van der Waals surface area contributed by atoms with Gasteiger partial charge >= 0.3 is 5.97 Å². The largest absolute Gasteiger partial charge is 0.462 e. The van der Waals surface area contributed by atoms with Gasteiger partial charge in [0.15, 0.2) is 5.78 Å². The molecular formula is C21H19NO3. The highest BCUT2D eigenvalue weighted by molar-refractivity contribution is 6.26. The van der Waals surface area contributed by atoms with E-state index in [0.717, 1.165) is 16.5 Å². The molecule has 0 fully saturated rings. The van der Waals surface area contributed by atoms with Crippen LogP contribution in [0, 0.1) is 6.92 Å². The molecule has 3 rings (SSSR count). The summed E-state index contributed by atoms with van der Waals surface area (Å²) in [6.07, 6.45) is 3.10. The van der Waals surface area contributed by atoms with E-state index in [9.17, 15) is 9.59 Å². The van der Waals surface area contributed by atoms with Crippen molar-refractivity contribution in [3.05, 3.63) is 77.5 Å². The van der Waals surface area contributed by atoms with Crippen LogP contribution in [0.4, 0.5) is 0 Å². The van der Waals surface area contributed by atoms with E-state index >= 15 is 0 Å². The van der Waals surface area contributed by atoms with Gasteiger partial charge in [-0.05, 0) is 26.0 Å². The fraction of sp³-hybridized carbons (Fsp3) is 0.143. The van der Waals surface area contributed by atoms with Crippen molar-refractivity contribution in [1.82, 2.24) is 4.98 Å². The number of fused-ring (bicyclic) bond motifs is 1. The molecule has 0 amide bonds. The van der Waals surface area contributed by atoms with Crippen molar-refractivity contribution in [3.8, 4) is 0 Å². The Morgan fingerprint density at radius 2 is 1.88 bits per heavy atom. The summed E-state index contributed by atoms with van der Waals surface area (Å²) in [4.78, 5) is 28.2. The van der Waals surface area contributed by atoms with Crippen LogP contribution in [0.25, 0.3) is 16.5 Å². The van der Waals surface area contributed by atoms with Crippen LogP contribution in [0.15, 0.2) is 60.8 Å². The van der Waals surface area contributed by atoms with Gasteiger partial charge in [0.2, 0.25) is 0 Å². The maximum atomic E-state index is 12.6. The number of carbonyl (C=O) groups excluding carboxylic acids is 2. The standard InChI is InChI=1S/C21H19NO3/c1-3-25-21(24)17(12-20(23)15-7-5-4-6-8-15)18-13-22-19-10-9-14(2)11-16(18)19/h4-13,22H,3H2,1-2H3/b17-12+. The van der Waals surface area contributed by atoms with Crippen molar-refractivity contribution in [2.45, 2.75) is 13.8 Å². The highest BCUT2D eigenvalue weighted by atomic mass is 16.5. The minimum absolute atomic E-state index is 0.231. The molecular weight excluding hydrogens is 314 g/mol. The number of allylic oxidation sites excluding steroid dienone is 1. The SMILES string of the molecule is CCOC(=O)/C(=C/C(=O)c1ccccc1)c1c[nH]c2ccc(C)cc12. The molecule has 1 N–H and O–H groups in total. The average Bonchev–Trinajstić information content (AvgIpc) is 3.03. The van der Waals surface area contributed by atoms with Gasteiger partial charge in [0.05, 0.1) is 12.2 Å². The van der Waals surface area contributed by atoms with Crippen LogP contribution >= 0.6 is 0 Å². The van der Waals surface area contributed by atoms with Crippen LogP contribution in [-0.4, -0.2) is 23.3 Å². The summed E-state index contributed by atoms with van der Waals surface area (Å²) in [5.74, 6) is -0.736. The highest BCUT2D eigenvalue weighted by Crippen LogP contribution is 2.27. The number of benzene rings is 2. The van der Waals surface area contributed by atoms with Crippen molar-refractivity contribution in [2.75, 3.05) is 6.61 Å². The molecule has 4 heteroatoms. The lowest BCUT2D eigenvalue weighted by molar-refractivity contribution is -0.136. The predicted octanol–water partition coefficient (Wildman–Crippen LogP) is 4.31. The number of rotatable bonds is 5. The Labute approximate surface area is 146 Å². The Morgan fingerprint density at radius 3 is 2.60 bits per heavy atom. The van der Waals surface area contributed by atoms with Crippen molar-refractivity contribution in [2.24, 2.45) is 0 Å². The first-order valence-electron chi connectivity index (χ1n) is 8.16. The van der Waals surface area contributed by atoms with Gasteiger partial charge in [0.25, 0.3) is 0 Å². The zero-order valence-corrected chi connectivity index (χ0v) is 14.2. The number of ketones is 1. The number of hydrogen-bond donors (Lipinski definition) is 1. The van der Waals surface area contributed by atoms with Crippen LogP contribution in [0.1, 0.15) is 28.4 Å². The van der Waals surface area contributed by atoms with Crippen LogP contribution < -0.4 is 0 Å². The first kappa shape index (κ1) is 16.7. The number of nitrogens with one attached hydrogen (secondary N) is 1. The highest BCUT2D eigenvalue weighted by Gasteiger charge is 2.19. The third-order valence-electron chi connectivity index (χ3n) is 3.96. The number of hydrogen-bond acceptors (Lipinski definition) is 3. The Kier molecular flexibility index (Phi) is 4.80. The van der Waals surface area contributed by atoms with Crippen molar-refractivity contribution >= 4 is 28.2 Å². The molecule has 1 aromatic heterocycles. The number of carbonyl (C=O) groups is 2. The van der Waals surface area contributed by atoms with E-state index in [0.29, 0.717) is 11.1 Å². The quantitative estimate of drug-likeness (QED) is 0.430. The van der Waals surface area contributed by atoms with E-state index in [2.05, 4.69) is 4.98 Å². The Bertz CT molecular complexity index is 952. The van der Waals surface area contributed by atoms with Crippen LogP contribution in [-0.2, 0) is 9.53 Å². The van der Waals surface area contributed by atoms with E-state index < -0.39 is 5.97 Å². The summed E-state index contributed by atoms with van der Waals surface area (Å²) < 4.78 is 5.17. The second-order valence-corrected chi connectivity index (χ2v) is 5.76. The minimum Gasteiger partial charge on any atom is -0.462 e. The second kappa shape index (κ2) is 7.18. The predicted molar refractivity (Wildman–Crippen MR) is 98.4 cm³/mol. The molecule has 25 heavy (non-hydrogen) atoms. The van der Waals surface area contributed by atoms with Gasteiger partial charge < -0.3 is 9.72 Å². The van der Waals surface area contributed by atoms with Gasteiger partial charge in [0.1, 0.15) is 0 Å². The maximum absolute atomic E-state index is 12.6. The molecule has 3 aromatic rings. The molecule has 0 atom stereocenters. The lowest BCUT2D eigenvalue weighted by atomic mass is 10.0. The summed E-state index contributed by atoms with van der Waals surface area (Å²) >= 11 is 0. The van der Waals surface area contributed by atoms with Gasteiger partial charge in [0, 0.05) is 34.3 Å².